The van der Waals surface area contributed by atoms with Gasteiger partial charge in [-0.05, 0) is 42.8 Å². The lowest BCUT2D eigenvalue weighted by atomic mass is 9.74. The van der Waals surface area contributed by atoms with E-state index >= 15 is 0 Å². The van der Waals surface area contributed by atoms with Gasteiger partial charge >= 0.3 is 0 Å². The highest BCUT2D eigenvalue weighted by molar-refractivity contribution is 7.80. The molecule has 0 radical (unpaired) electrons. The van der Waals surface area contributed by atoms with Crippen LogP contribution in [0.4, 0.5) is 5.69 Å². The largest absolute Gasteiger partial charge is 0.454 e. The zero-order valence-corrected chi connectivity index (χ0v) is 15.1. The number of fused-ring (bicyclic) bond motifs is 1. The molecule has 2 heterocycles. The molecule has 5 nitrogen and oxygen atoms in total. The summed E-state index contributed by atoms with van der Waals surface area (Å²) in [5, 5.41) is 13.7. The molecule has 132 valence electrons. The number of nitriles is 1. The predicted octanol–water partition coefficient (Wildman–Crippen LogP) is 3.67. The van der Waals surface area contributed by atoms with Crippen LogP contribution in [0.15, 0.2) is 48.5 Å². The first-order valence-corrected chi connectivity index (χ1v) is 9.03. The van der Waals surface area contributed by atoms with Crippen molar-refractivity contribution in [2.24, 2.45) is 0 Å². The Hall–Kier alpha value is -2.78. The first kappa shape index (κ1) is 16.7. The highest BCUT2D eigenvalue weighted by atomic mass is 32.1. The zero-order chi connectivity index (χ0) is 18.0. The molecular weight excluding hydrogens is 346 g/mol. The van der Waals surface area contributed by atoms with Gasteiger partial charge < -0.3 is 19.7 Å². The summed E-state index contributed by atoms with van der Waals surface area (Å²) in [6, 6.07) is 18.3. The van der Waals surface area contributed by atoms with Gasteiger partial charge in [-0.3, -0.25) is 0 Å². The molecule has 0 aromatic heterocycles. The summed E-state index contributed by atoms with van der Waals surface area (Å²) < 4.78 is 10.7. The smallest absolute Gasteiger partial charge is 0.231 e. The molecule has 0 atom stereocenters. The topological polar surface area (TPSA) is 57.5 Å². The molecular formula is C20H19N3O2S. The van der Waals surface area contributed by atoms with Crippen LogP contribution in [0.25, 0.3) is 0 Å². The molecule has 1 N–H and O–H groups in total. The minimum Gasteiger partial charge on any atom is -0.454 e. The number of rotatable bonds is 2. The zero-order valence-electron chi connectivity index (χ0n) is 14.3. The summed E-state index contributed by atoms with van der Waals surface area (Å²) in [7, 11) is 0. The number of hydrogen-bond donors (Lipinski definition) is 1. The molecule has 1 saturated heterocycles. The van der Waals surface area contributed by atoms with Crippen LogP contribution in [-0.2, 0) is 5.41 Å². The van der Waals surface area contributed by atoms with Gasteiger partial charge in [0.1, 0.15) is 0 Å². The summed E-state index contributed by atoms with van der Waals surface area (Å²) in [4.78, 5) is 2.12. The Morgan fingerprint density at radius 3 is 2.54 bits per heavy atom. The van der Waals surface area contributed by atoms with Gasteiger partial charge in [0.25, 0.3) is 0 Å². The third-order valence-corrected chi connectivity index (χ3v) is 5.43. The second kappa shape index (κ2) is 6.85. The van der Waals surface area contributed by atoms with Crippen molar-refractivity contribution in [3.63, 3.8) is 0 Å². The maximum Gasteiger partial charge on any atom is 0.231 e. The standard InChI is InChI=1S/C20H19N3O2S/c21-13-20(15-4-2-1-3-5-15)8-10-23(11-9-20)19(26)22-16-6-7-17-18(12-16)25-14-24-17/h1-7,12H,8-11,14H2,(H,22,26). The van der Waals surface area contributed by atoms with E-state index in [1.165, 1.54) is 0 Å². The van der Waals surface area contributed by atoms with Crippen LogP contribution in [0.1, 0.15) is 18.4 Å². The van der Waals surface area contributed by atoms with E-state index in [1.54, 1.807) is 0 Å². The molecule has 0 aliphatic carbocycles. The van der Waals surface area contributed by atoms with Crippen molar-refractivity contribution in [2.75, 3.05) is 25.2 Å². The monoisotopic (exact) mass is 365 g/mol. The molecule has 2 aromatic rings. The number of piperidine rings is 1. The van der Waals surface area contributed by atoms with Crippen LogP contribution in [0.3, 0.4) is 0 Å². The number of ether oxygens (including phenoxy) is 2. The van der Waals surface area contributed by atoms with Crippen molar-refractivity contribution < 1.29 is 9.47 Å². The Morgan fingerprint density at radius 2 is 1.81 bits per heavy atom. The third-order valence-electron chi connectivity index (χ3n) is 5.07. The fourth-order valence-corrected chi connectivity index (χ4v) is 3.79. The van der Waals surface area contributed by atoms with E-state index in [-0.39, 0.29) is 6.79 Å². The highest BCUT2D eigenvalue weighted by Crippen LogP contribution is 2.36. The van der Waals surface area contributed by atoms with Gasteiger partial charge in [-0.1, -0.05) is 30.3 Å². The Bertz CT molecular complexity index is 855. The maximum absolute atomic E-state index is 9.80. The van der Waals surface area contributed by atoms with Crippen LogP contribution < -0.4 is 14.8 Å². The van der Waals surface area contributed by atoms with Crippen molar-refractivity contribution in [3.8, 4) is 17.6 Å². The number of hydrogen-bond acceptors (Lipinski definition) is 4. The average molecular weight is 365 g/mol. The molecule has 0 saturated carbocycles. The number of likely N-dealkylation sites (tertiary alicyclic amines) is 1. The van der Waals surface area contributed by atoms with E-state index in [1.807, 2.05) is 48.5 Å². The summed E-state index contributed by atoms with van der Waals surface area (Å²) in [5.74, 6) is 1.48. The van der Waals surface area contributed by atoms with Crippen LogP contribution in [-0.4, -0.2) is 29.9 Å². The quantitative estimate of drug-likeness (QED) is 0.820. The first-order valence-electron chi connectivity index (χ1n) is 8.63. The summed E-state index contributed by atoms with van der Waals surface area (Å²) in [6.45, 7) is 1.75. The number of anilines is 1. The van der Waals surface area contributed by atoms with E-state index < -0.39 is 5.41 Å². The van der Waals surface area contributed by atoms with E-state index in [9.17, 15) is 5.26 Å². The fraction of sp³-hybridized carbons (Fsp3) is 0.300. The van der Waals surface area contributed by atoms with Gasteiger partial charge in [-0.25, -0.2) is 0 Å². The first-order chi connectivity index (χ1) is 12.7. The number of nitrogens with zero attached hydrogens (tertiary/aromatic N) is 2. The van der Waals surface area contributed by atoms with E-state index in [4.69, 9.17) is 21.7 Å². The van der Waals surface area contributed by atoms with Gasteiger partial charge in [-0.15, -0.1) is 0 Å². The van der Waals surface area contributed by atoms with Gasteiger partial charge in [0.05, 0.1) is 11.5 Å². The Kier molecular flexibility index (Phi) is 4.39. The molecule has 0 bridgehead atoms. The fourth-order valence-electron chi connectivity index (χ4n) is 3.49. The van der Waals surface area contributed by atoms with Crippen molar-refractivity contribution in [3.05, 3.63) is 54.1 Å². The van der Waals surface area contributed by atoms with E-state index in [0.717, 1.165) is 48.7 Å². The second-order valence-corrected chi connectivity index (χ2v) is 6.93. The van der Waals surface area contributed by atoms with Gasteiger partial charge in [0.2, 0.25) is 6.79 Å². The van der Waals surface area contributed by atoms with Crippen molar-refractivity contribution in [1.82, 2.24) is 4.90 Å². The van der Waals surface area contributed by atoms with E-state index in [2.05, 4.69) is 16.3 Å². The summed E-state index contributed by atoms with van der Waals surface area (Å²) in [5.41, 5.74) is 1.54. The predicted molar refractivity (Wildman–Crippen MR) is 103 cm³/mol. The highest BCUT2D eigenvalue weighted by Gasteiger charge is 2.37. The van der Waals surface area contributed by atoms with Crippen LogP contribution >= 0.6 is 12.2 Å². The lowest BCUT2D eigenvalue weighted by molar-refractivity contribution is 0.174. The van der Waals surface area contributed by atoms with Gasteiger partial charge in [0, 0.05) is 24.8 Å². The maximum atomic E-state index is 9.80. The SMILES string of the molecule is N#CC1(c2ccccc2)CCN(C(=S)Nc2ccc3c(c2)OCO3)CC1. The number of nitrogens with one attached hydrogen (secondary N) is 1. The molecule has 2 aromatic carbocycles. The molecule has 0 spiro atoms. The molecule has 4 rings (SSSR count). The van der Waals surface area contributed by atoms with Crippen molar-refractivity contribution in [2.45, 2.75) is 18.3 Å². The molecule has 1 fully saturated rings. The Labute approximate surface area is 158 Å². The van der Waals surface area contributed by atoms with Crippen molar-refractivity contribution in [1.29, 1.82) is 5.26 Å². The van der Waals surface area contributed by atoms with Crippen molar-refractivity contribution >= 4 is 23.0 Å². The number of thiocarbonyl (C=S) groups is 1. The molecule has 2 aliphatic rings. The lowest BCUT2D eigenvalue weighted by Crippen LogP contribution is -2.46. The normalized spacial score (nSPS) is 17.4. The van der Waals surface area contributed by atoms with Crippen LogP contribution in [0, 0.1) is 11.3 Å². The molecule has 26 heavy (non-hydrogen) atoms. The van der Waals surface area contributed by atoms with Crippen LogP contribution in [0.2, 0.25) is 0 Å². The third kappa shape index (κ3) is 3.06. The van der Waals surface area contributed by atoms with Gasteiger partial charge in [-0.2, -0.15) is 5.26 Å². The molecule has 6 heteroatoms. The minimum absolute atomic E-state index is 0.255. The summed E-state index contributed by atoms with van der Waals surface area (Å²) in [6.07, 6.45) is 1.52. The Morgan fingerprint density at radius 1 is 1.08 bits per heavy atom. The Balaban J connectivity index is 1.41. The molecule has 2 aliphatic heterocycles. The summed E-state index contributed by atoms with van der Waals surface area (Å²) >= 11 is 5.57. The average Bonchev–Trinajstić information content (AvgIpc) is 3.16. The van der Waals surface area contributed by atoms with E-state index in [0.29, 0.717) is 5.11 Å². The molecule has 0 unspecified atom stereocenters. The lowest BCUT2D eigenvalue weighted by Gasteiger charge is -2.38. The minimum atomic E-state index is -0.424. The molecule has 0 amide bonds. The second-order valence-electron chi connectivity index (χ2n) is 6.55. The van der Waals surface area contributed by atoms with Gasteiger partial charge in [0.15, 0.2) is 16.6 Å². The number of benzene rings is 2. The van der Waals surface area contributed by atoms with Crippen LogP contribution in [0.5, 0.6) is 11.5 Å².